The third kappa shape index (κ3) is 6.77. The first-order valence-corrected chi connectivity index (χ1v) is 8.41. The van der Waals surface area contributed by atoms with Gasteiger partial charge < -0.3 is 19.7 Å². The van der Waals surface area contributed by atoms with Gasteiger partial charge in [-0.1, -0.05) is 11.6 Å². The van der Waals surface area contributed by atoms with Crippen molar-refractivity contribution in [2.45, 2.75) is 12.8 Å². The maximum Gasteiger partial charge on any atom is 0.257 e. The van der Waals surface area contributed by atoms with Crippen molar-refractivity contribution in [2.24, 2.45) is 5.92 Å². The van der Waals surface area contributed by atoms with Crippen LogP contribution in [-0.4, -0.2) is 57.3 Å². The molecule has 0 atom stereocenters. The van der Waals surface area contributed by atoms with Crippen LogP contribution in [0.1, 0.15) is 12.8 Å². The second-order valence-corrected chi connectivity index (χ2v) is 6.26. The molecule has 128 valence electrons. The van der Waals surface area contributed by atoms with Gasteiger partial charge in [-0.3, -0.25) is 4.79 Å². The van der Waals surface area contributed by atoms with Gasteiger partial charge in [0.15, 0.2) is 6.61 Å². The summed E-state index contributed by atoms with van der Waals surface area (Å²) >= 11 is 5.80. The van der Waals surface area contributed by atoms with E-state index < -0.39 is 0 Å². The second-order valence-electron chi connectivity index (χ2n) is 5.82. The molecule has 1 heterocycles. The Morgan fingerprint density at radius 3 is 2.65 bits per heavy atom. The Hall–Kier alpha value is -1.30. The van der Waals surface area contributed by atoms with Gasteiger partial charge in [-0.2, -0.15) is 0 Å². The third-order valence-corrected chi connectivity index (χ3v) is 4.34. The molecule has 0 spiro atoms. The molecular weight excluding hydrogens is 316 g/mol. The predicted molar refractivity (Wildman–Crippen MR) is 91.0 cm³/mol. The van der Waals surface area contributed by atoms with Gasteiger partial charge in [0.1, 0.15) is 5.75 Å². The number of hydrogen-bond acceptors (Lipinski definition) is 4. The topological polar surface area (TPSA) is 50.8 Å². The Morgan fingerprint density at radius 2 is 2.00 bits per heavy atom. The first kappa shape index (κ1) is 18.0. The van der Waals surface area contributed by atoms with E-state index in [2.05, 4.69) is 10.2 Å². The van der Waals surface area contributed by atoms with Crippen LogP contribution in [0.25, 0.3) is 0 Å². The highest BCUT2D eigenvalue weighted by molar-refractivity contribution is 6.30. The molecule has 1 fully saturated rings. The molecule has 1 N–H and O–H groups in total. The number of methoxy groups -OCH3 is 1. The number of halogens is 1. The summed E-state index contributed by atoms with van der Waals surface area (Å²) in [6.45, 7) is 4.68. The monoisotopic (exact) mass is 340 g/mol. The van der Waals surface area contributed by atoms with Crippen molar-refractivity contribution in [2.75, 3.05) is 46.5 Å². The molecule has 0 aliphatic carbocycles. The standard InChI is InChI=1S/C17H25ClN2O3/c1-22-11-10-20-8-6-14(7-9-20)12-19-17(21)13-23-16-4-2-15(18)3-5-16/h2-5,14H,6-13H2,1H3,(H,19,21). The molecule has 0 bridgehead atoms. The molecule has 1 aliphatic rings. The van der Waals surface area contributed by atoms with Gasteiger partial charge in [0.05, 0.1) is 6.61 Å². The van der Waals surface area contributed by atoms with Crippen LogP contribution in [0.15, 0.2) is 24.3 Å². The minimum atomic E-state index is -0.0817. The van der Waals surface area contributed by atoms with Crippen LogP contribution in [0.2, 0.25) is 5.02 Å². The SMILES string of the molecule is COCCN1CCC(CNC(=O)COc2ccc(Cl)cc2)CC1. The minimum absolute atomic E-state index is 0.0360. The van der Waals surface area contributed by atoms with E-state index in [1.807, 2.05) is 0 Å². The highest BCUT2D eigenvalue weighted by atomic mass is 35.5. The number of benzene rings is 1. The zero-order valence-corrected chi connectivity index (χ0v) is 14.3. The molecule has 1 aromatic rings. The second kappa shape index (κ2) is 9.75. The van der Waals surface area contributed by atoms with Crippen molar-refractivity contribution in [3.63, 3.8) is 0 Å². The molecule has 0 aromatic heterocycles. The summed E-state index contributed by atoms with van der Waals surface area (Å²) in [5.74, 6) is 1.12. The zero-order valence-electron chi connectivity index (χ0n) is 13.6. The molecule has 1 aliphatic heterocycles. The number of nitrogens with zero attached hydrogens (tertiary/aromatic N) is 1. The minimum Gasteiger partial charge on any atom is -0.484 e. The highest BCUT2D eigenvalue weighted by Gasteiger charge is 2.19. The van der Waals surface area contributed by atoms with Gasteiger partial charge >= 0.3 is 0 Å². The predicted octanol–water partition coefficient (Wildman–Crippen LogP) is 2.19. The maximum atomic E-state index is 11.8. The molecule has 0 radical (unpaired) electrons. The Balaban J connectivity index is 1.59. The van der Waals surface area contributed by atoms with Crippen molar-refractivity contribution in [3.05, 3.63) is 29.3 Å². The van der Waals surface area contributed by atoms with Gasteiger partial charge in [-0.05, 0) is 56.1 Å². The summed E-state index contributed by atoms with van der Waals surface area (Å²) in [6, 6.07) is 7.00. The zero-order chi connectivity index (χ0) is 16.5. The van der Waals surface area contributed by atoms with E-state index in [4.69, 9.17) is 21.1 Å². The maximum absolute atomic E-state index is 11.8. The van der Waals surface area contributed by atoms with E-state index in [0.29, 0.717) is 16.7 Å². The quantitative estimate of drug-likeness (QED) is 0.788. The van der Waals surface area contributed by atoms with Crippen LogP contribution >= 0.6 is 11.6 Å². The van der Waals surface area contributed by atoms with Gasteiger partial charge in [-0.25, -0.2) is 0 Å². The molecule has 5 nitrogen and oxygen atoms in total. The number of carbonyl (C=O) groups excluding carboxylic acids is 1. The number of ether oxygens (including phenoxy) is 2. The summed E-state index contributed by atoms with van der Waals surface area (Å²) in [5.41, 5.74) is 0. The van der Waals surface area contributed by atoms with Crippen molar-refractivity contribution in [1.82, 2.24) is 10.2 Å². The average Bonchev–Trinajstić information content (AvgIpc) is 2.58. The Kier molecular flexibility index (Phi) is 7.65. The van der Waals surface area contributed by atoms with Gasteiger partial charge in [0.2, 0.25) is 0 Å². The highest BCUT2D eigenvalue weighted by Crippen LogP contribution is 2.16. The fraction of sp³-hybridized carbons (Fsp3) is 0.588. The largest absolute Gasteiger partial charge is 0.484 e. The van der Waals surface area contributed by atoms with Gasteiger partial charge in [-0.15, -0.1) is 0 Å². The molecular formula is C17H25ClN2O3. The Labute approximate surface area is 142 Å². The van der Waals surface area contributed by atoms with E-state index in [-0.39, 0.29) is 12.5 Å². The van der Waals surface area contributed by atoms with E-state index in [9.17, 15) is 4.79 Å². The summed E-state index contributed by atoms with van der Waals surface area (Å²) in [7, 11) is 1.73. The van der Waals surface area contributed by atoms with Crippen molar-refractivity contribution in [3.8, 4) is 5.75 Å². The molecule has 2 rings (SSSR count). The van der Waals surface area contributed by atoms with Crippen molar-refractivity contribution < 1.29 is 14.3 Å². The number of nitrogens with one attached hydrogen (secondary N) is 1. The average molecular weight is 341 g/mol. The molecule has 0 saturated carbocycles. The number of carbonyl (C=O) groups is 1. The number of amides is 1. The lowest BCUT2D eigenvalue weighted by Gasteiger charge is -2.31. The number of hydrogen-bond donors (Lipinski definition) is 1. The molecule has 1 saturated heterocycles. The smallest absolute Gasteiger partial charge is 0.257 e. The van der Waals surface area contributed by atoms with Crippen LogP contribution in [-0.2, 0) is 9.53 Å². The third-order valence-electron chi connectivity index (χ3n) is 4.09. The van der Waals surface area contributed by atoms with Crippen molar-refractivity contribution >= 4 is 17.5 Å². The Bertz CT molecular complexity index is 473. The van der Waals surface area contributed by atoms with Crippen LogP contribution in [0.3, 0.4) is 0 Å². The van der Waals surface area contributed by atoms with Crippen molar-refractivity contribution in [1.29, 1.82) is 0 Å². The molecule has 23 heavy (non-hydrogen) atoms. The molecule has 1 amide bonds. The van der Waals surface area contributed by atoms with E-state index in [1.54, 1.807) is 31.4 Å². The molecule has 1 aromatic carbocycles. The summed E-state index contributed by atoms with van der Waals surface area (Å²) in [5, 5.41) is 3.61. The summed E-state index contributed by atoms with van der Waals surface area (Å²) in [4.78, 5) is 14.3. The first-order chi connectivity index (χ1) is 11.2. The van der Waals surface area contributed by atoms with Gasteiger partial charge in [0.25, 0.3) is 5.91 Å². The molecule has 6 heteroatoms. The lowest BCUT2D eigenvalue weighted by Crippen LogP contribution is -2.40. The summed E-state index contributed by atoms with van der Waals surface area (Å²) < 4.78 is 10.5. The number of piperidine rings is 1. The van der Waals surface area contributed by atoms with E-state index in [1.165, 1.54) is 0 Å². The number of rotatable bonds is 8. The van der Waals surface area contributed by atoms with Crippen LogP contribution in [0.4, 0.5) is 0 Å². The Morgan fingerprint density at radius 1 is 1.30 bits per heavy atom. The van der Waals surface area contributed by atoms with Crippen LogP contribution in [0, 0.1) is 5.92 Å². The number of likely N-dealkylation sites (tertiary alicyclic amines) is 1. The van der Waals surface area contributed by atoms with Crippen LogP contribution < -0.4 is 10.1 Å². The molecule has 0 unspecified atom stereocenters. The van der Waals surface area contributed by atoms with E-state index >= 15 is 0 Å². The lowest BCUT2D eigenvalue weighted by atomic mass is 9.97. The summed E-state index contributed by atoms with van der Waals surface area (Å²) in [6.07, 6.45) is 2.23. The fourth-order valence-corrected chi connectivity index (χ4v) is 2.75. The normalized spacial score (nSPS) is 16.3. The van der Waals surface area contributed by atoms with Gasteiger partial charge in [0, 0.05) is 25.2 Å². The van der Waals surface area contributed by atoms with Crippen LogP contribution in [0.5, 0.6) is 5.75 Å². The van der Waals surface area contributed by atoms with E-state index in [0.717, 1.165) is 45.6 Å². The first-order valence-electron chi connectivity index (χ1n) is 8.03. The lowest BCUT2D eigenvalue weighted by molar-refractivity contribution is -0.123. The fourth-order valence-electron chi connectivity index (χ4n) is 2.62.